The van der Waals surface area contributed by atoms with E-state index >= 15 is 0 Å². The van der Waals surface area contributed by atoms with Crippen molar-refractivity contribution in [3.05, 3.63) is 59.8 Å². The molecule has 0 bridgehead atoms. The lowest BCUT2D eigenvalue weighted by atomic mass is 10.0. The van der Waals surface area contributed by atoms with Gasteiger partial charge in [0, 0.05) is 62.2 Å². The maximum absolute atomic E-state index is 5.46. The quantitative estimate of drug-likeness (QED) is 0.278. The monoisotopic (exact) mass is 489 g/mol. The van der Waals surface area contributed by atoms with E-state index in [1.807, 2.05) is 12.1 Å². The molecule has 1 unspecified atom stereocenters. The van der Waals surface area contributed by atoms with E-state index in [9.17, 15) is 0 Å². The highest BCUT2D eigenvalue weighted by Crippen LogP contribution is 2.34. The number of ether oxygens (including phenoxy) is 2. The van der Waals surface area contributed by atoms with Crippen LogP contribution >= 0.6 is 0 Å². The second kappa shape index (κ2) is 11.5. The normalized spacial score (nSPS) is 14.9. The lowest BCUT2D eigenvalue weighted by Gasteiger charge is -2.33. The first-order chi connectivity index (χ1) is 17.4. The lowest BCUT2D eigenvalue weighted by molar-refractivity contribution is -0.651. The molecule has 0 radical (unpaired) electrons. The Morgan fingerprint density at radius 2 is 1.56 bits per heavy atom. The summed E-state index contributed by atoms with van der Waals surface area (Å²) in [7, 11) is 7.70. The van der Waals surface area contributed by atoms with E-state index in [1.54, 1.807) is 14.2 Å². The number of hydrogen-bond donors (Lipinski definition) is 2. The molecule has 1 aromatic heterocycles. The number of nitrogens with zero attached hydrogens (tertiary/aromatic N) is 2. The van der Waals surface area contributed by atoms with Crippen LogP contribution in [0, 0.1) is 6.92 Å². The van der Waals surface area contributed by atoms with Gasteiger partial charge in [-0.1, -0.05) is 12.8 Å². The van der Waals surface area contributed by atoms with Crippen molar-refractivity contribution < 1.29 is 14.0 Å². The molecular formula is C30H41N4O2+. The molecule has 0 fully saturated rings. The van der Waals surface area contributed by atoms with Gasteiger partial charge < -0.3 is 25.0 Å². The molecule has 0 saturated heterocycles. The number of fused-ring (bicyclic) bond motifs is 2. The zero-order chi connectivity index (χ0) is 25.7. The van der Waals surface area contributed by atoms with Crippen LogP contribution in [0.5, 0.6) is 11.5 Å². The topological polar surface area (TPSA) is 49.6 Å². The summed E-state index contributed by atoms with van der Waals surface area (Å²) >= 11 is 0. The van der Waals surface area contributed by atoms with Crippen LogP contribution in [-0.4, -0.2) is 40.4 Å². The average molecular weight is 490 g/mol. The molecule has 1 aliphatic rings. The summed E-state index contributed by atoms with van der Waals surface area (Å²) in [5.74, 6) is 1.78. The number of anilines is 2. The summed E-state index contributed by atoms with van der Waals surface area (Å²) in [6.07, 6.45) is 7.03. The third-order valence-corrected chi connectivity index (χ3v) is 7.36. The molecule has 36 heavy (non-hydrogen) atoms. The Hall–Kier alpha value is -3.41. The molecule has 6 nitrogen and oxygen atoms in total. The summed E-state index contributed by atoms with van der Waals surface area (Å²) in [4.78, 5) is 2.31. The molecule has 1 atom stereocenters. The van der Waals surface area contributed by atoms with Crippen LogP contribution in [0.2, 0.25) is 0 Å². The Kier molecular flexibility index (Phi) is 8.24. The number of likely N-dealkylation sites (N-methyl/N-ethyl adjacent to an activating group) is 1. The fraction of sp³-hybridized carbons (Fsp3) is 0.433. The number of nitrogens with one attached hydrogen (secondary N) is 2. The van der Waals surface area contributed by atoms with Crippen molar-refractivity contribution in [1.29, 1.82) is 0 Å². The highest BCUT2D eigenvalue weighted by atomic mass is 16.5. The third-order valence-electron chi connectivity index (χ3n) is 7.36. The predicted molar refractivity (Wildman–Crippen MR) is 150 cm³/mol. The largest absolute Gasteiger partial charge is 0.497 e. The van der Waals surface area contributed by atoms with Crippen molar-refractivity contribution in [3.8, 4) is 11.5 Å². The number of unbranched alkanes of at least 4 members (excludes halogenated alkanes) is 3. The minimum Gasteiger partial charge on any atom is -0.497 e. The Morgan fingerprint density at radius 1 is 0.889 bits per heavy atom. The molecule has 2 N–H and O–H groups in total. The molecule has 192 valence electrons. The minimum atomic E-state index is 0.360. The number of rotatable bonds is 11. The Labute approximate surface area is 215 Å². The second-order valence-corrected chi connectivity index (χ2v) is 9.72. The van der Waals surface area contributed by atoms with Crippen LogP contribution in [0.15, 0.2) is 48.5 Å². The van der Waals surface area contributed by atoms with Gasteiger partial charge in [0.25, 0.3) is 0 Å². The molecule has 0 saturated carbocycles. The fourth-order valence-corrected chi connectivity index (χ4v) is 4.90. The van der Waals surface area contributed by atoms with Gasteiger partial charge in [0.1, 0.15) is 18.5 Å². The number of hydrogen-bond acceptors (Lipinski definition) is 5. The molecule has 6 heteroatoms. The van der Waals surface area contributed by atoms with Gasteiger partial charge in [0.15, 0.2) is 5.69 Å². The predicted octanol–water partition coefficient (Wildman–Crippen LogP) is 5.43. The zero-order valence-electron chi connectivity index (χ0n) is 22.6. The van der Waals surface area contributed by atoms with Crippen LogP contribution in [0.4, 0.5) is 11.4 Å². The lowest BCUT2D eigenvalue weighted by Crippen LogP contribution is -2.33. The summed E-state index contributed by atoms with van der Waals surface area (Å²) in [5.41, 5.74) is 7.30. The van der Waals surface area contributed by atoms with Gasteiger partial charge in [0.05, 0.1) is 25.3 Å². The van der Waals surface area contributed by atoms with Crippen LogP contribution in [-0.2, 0) is 7.05 Å². The number of aromatic nitrogens is 1. The zero-order valence-corrected chi connectivity index (χ0v) is 22.6. The van der Waals surface area contributed by atoms with Crippen molar-refractivity contribution in [2.75, 3.05) is 44.6 Å². The van der Waals surface area contributed by atoms with E-state index in [1.165, 1.54) is 52.1 Å². The van der Waals surface area contributed by atoms with Crippen LogP contribution in [0.1, 0.15) is 43.9 Å². The summed E-state index contributed by atoms with van der Waals surface area (Å²) in [6.45, 7) is 6.33. The van der Waals surface area contributed by atoms with Crippen LogP contribution in [0.25, 0.3) is 16.6 Å². The highest BCUT2D eigenvalue weighted by Gasteiger charge is 2.21. The maximum Gasteiger partial charge on any atom is 0.214 e. The summed E-state index contributed by atoms with van der Waals surface area (Å²) in [5, 5.41) is 8.56. The second-order valence-electron chi connectivity index (χ2n) is 9.72. The van der Waals surface area contributed by atoms with Gasteiger partial charge in [-0.2, -0.15) is 4.57 Å². The van der Waals surface area contributed by atoms with Gasteiger partial charge in [-0.3, -0.25) is 0 Å². The maximum atomic E-state index is 5.46. The first kappa shape index (κ1) is 25.7. The van der Waals surface area contributed by atoms with Gasteiger partial charge in [-0.05, 0) is 56.2 Å². The number of aryl methyl sites for hydroxylation is 2. The first-order valence-corrected chi connectivity index (χ1v) is 13.0. The molecule has 3 aromatic rings. The summed E-state index contributed by atoms with van der Waals surface area (Å²) < 4.78 is 13.1. The van der Waals surface area contributed by atoms with E-state index in [-0.39, 0.29) is 0 Å². The number of benzene rings is 2. The SMILES string of the molecule is COc1ccc2c(c1)C(NCCCCCCNc1cc(C)[n+](C)c3ccc(OC)cc13)=CC(C)N2C. The van der Waals surface area contributed by atoms with Crippen molar-refractivity contribution >= 4 is 28.0 Å². The molecule has 2 heterocycles. The molecule has 1 aliphatic heterocycles. The van der Waals surface area contributed by atoms with Gasteiger partial charge >= 0.3 is 0 Å². The number of methoxy groups -OCH3 is 2. The third kappa shape index (κ3) is 5.53. The fourth-order valence-electron chi connectivity index (χ4n) is 4.90. The smallest absolute Gasteiger partial charge is 0.214 e. The van der Waals surface area contributed by atoms with Crippen molar-refractivity contribution in [2.45, 2.75) is 45.6 Å². The Morgan fingerprint density at radius 3 is 2.28 bits per heavy atom. The van der Waals surface area contributed by atoms with Crippen molar-refractivity contribution in [3.63, 3.8) is 0 Å². The molecule has 2 aromatic carbocycles. The van der Waals surface area contributed by atoms with Crippen LogP contribution < -0.4 is 29.6 Å². The van der Waals surface area contributed by atoms with Crippen LogP contribution in [0.3, 0.4) is 0 Å². The molecular weight excluding hydrogens is 448 g/mol. The standard InChI is InChI=1S/C30H40N4O2/c1-21-17-27(25-19-23(35-5)11-13-29(25)33(21)3)31-15-9-7-8-10-16-32-28-18-22(2)34(4)30-14-12-24(36-6)20-26(28)30/h11-14,17-21,31H,7-10,15-16H2,1-6H3/p+1. The average Bonchev–Trinajstić information content (AvgIpc) is 2.90. The van der Waals surface area contributed by atoms with E-state index in [2.05, 4.69) is 84.5 Å². The Bertz CT molecular complexity index is 1240. The van der Waals surface area contributed by atoms with Crippen molar-refractivity contribution in [1.82, 2.24) is 5.32 Å². The first-order valence-electron chi connectivity index (χ1n) is 13.0. The van der Waals surface area contributed by atoms with Gasteiger partial charge in [0.2, 0.25) is 5.52 Å². The van der Waals surface area contributed by atoms with E-state index in [0.29, 0.717) is 6.04 Å². The van der Waals surface area contributed by atoms with E-state index in [0.717, 1.165) is 37.4 Å². The van der Waals surface area contributed by atoms with Crippen molar-refractivity contribution in [2.24, 2.45) is 7.05 Å². The molecule has 0 aliphatic carbocycles. The highest BCUT2D eigenvalue weighted by molar-refractivity contribution is 5.90. The van der Waals surface area contributed by atoms with Gasteiger partial charge in [-0.25, -0.2) is 0 Å². The molecule has 0 spiro atoms. The summed E-state index contributed by atoms with van der Waals surface area (Å²) in [6, 6.07) is 15.2. The Balaban J connectivity index is 1.25. The van der Waals surface area contributed by atoms with E-state index in [4.69, 9.17) is 9.47 Å². The van der Waals surface area contributed by atoms with Gasteiger partial charge in [-0.15, -0.1) is 0 Å². The minimum absolute atomic E-state index is 0.360. The number of pyridine rings is 1. The van der Waals surface area contributed by atoms with E-state index < -0.39 is 0 Å². The molecule has 4 rings (SSSR count). The molecule has 0 amide bonds.